The van der Waals surface area contributed by atoms with Crippen molar-refractivity contribution in [3.8, 4) is 12.8 Å². The van der Waals surface area contributed by atoms with Crippen molar-refractivity contribution < 1.29 is 0 Å². The molecule has 1 atom stereocenters. The van der Waals surface area contributed by atoms with Gasteiger partial charge in [-0.1, -0.05) is 91.1 Å². The van der Waals surface area contributed by atoms with Gasteiger partial charge in [-0.05, 0) is 62.8 Å². The summed E-state index contributed by atoms with van der Waals surface area (Å²) in [6.45, 7) is 20.4. The van der Waals surface area contributed by atoms with Gasteiger partial charge in [-0.25, -0.2) is 4.99 Å². The number of nitrogen functional groups attached to an aromatic ring is 1. The monoisotopic (exact) mass is 533 g/mol. The minimum atomic E-state index is 0.474. The number of benzene rings is 1. The second-order valence-corrected chi connectivity index (χ2v) is 8.57. The van der Waals surface area contributed by atoms with Gasteiger partial charge in [0.05, 0.1) is 23.1 Å². The summed E-state index contributed by atoms with van der Waals surface area (Å²) in [5.41, 5.74) is 15.2. The number of nitrogens with two attached hydrogens (primary N) is 2. The second-order valence-electron chi connectivity index (χ2n) is 8.16. The fraction of sp³-hybridized carbons (Fsp3) is 0.581. The lowest BCUT2D eigenvalue weighted by Gasteiger charge is -2.31. The molecule has 0 aliphatic heterocycles. The van der Waals surface area contributed by atoms with Crippen LogP contribution in [0, 0.1) is 12.8 Å². The van der Waals surface area contributed by atoms with Crippen molar-refractivity contribution in [1.29, 1.82) is 0 Å². The summed E-state index contributed by atoms with van der Waals surface area (Å²) in [4.78, 5) is 6.77. The average molecular weight is 534 g/mol. The SMILES string of the molecule is C#C.C=C(/N=C\C(C)=C/CC)NCN(CCCC)c1c(C(CC)CCCC)ccc(Cl)c1N.CC.CN. The van der Waals surface area contributed by atoms with E-state index in [4.69, 9.17) is 17.3 Å². The number of terminal acetylenes is 1. The van der Waals surface area contributed by atoms with Gasteiger partial charge in [0.1, 0.15) is 5.82 Å². The molecule has 0 saturated heterocycles. The van der Waals surface area contributed by atoms with E-state index < -0.39 is 0 Å². The van der Waals surface area contributed by atoms with Crippen molar-refractivity contribution in [2.24, 2.45) is 10.7 Å². The number of rotatable bonds is 15. The molecule has 0 aliphatic carbocycles. The average Bonchev–Trinajstić information content (AvgIpc) is 2.94. The molecule has 0 aliphatic rings. The number of halogens is 1. The molecule has 37 heavy (non-hydrogen) atoms. The number of aliphatic imine (C=N–C) groups is 1. The predicted octanol–water partition coefficient (Wildman–Crippen LogP) is 8.51. The Morgan fingerprint density at radius 1 is 1.14 bits per heavy atom. The first-order valence-corrected chi connectivity index (χ1v) is 14.1. The Bertz CT molecular complexity index is 783. The summed E-state index contributed by atoms with van der Waals surface area (Å²) in [7, 11) is 1.50. The fourth-order valence-corrected chi connectivity index (χ4v) is 3.87. The van der Waals surface area contributed by atoms with Crippen molar-refractivity contribution in [2.45, 2.75) is 99.3 Å². The molecule has 1 rings (SSSR count). The van der Waals surface area contributed by atoms with Crippen LogP contribution in [0.2, 0.25) is 5.02 Å². The van der Waals surface area contributed by atoms with Gasteiger partial charge in [-0.3, -0.25) is 0 Å². The quantitative estimate of drug-likeness (QED) is 0.0913. The first kappa shape index (κ1) is 39.1. The van der Waals surface area contributed by atoms with Gasteiger partial charge in [-0.15, -0.1) is 12.8 Å². The van der Waals surface area contributed by atoms with Gasteiger partial charge in [0.2, 0.25) is 0 Å². The summed E-state index contributed by atoms with van der Waals surface area (Å²) < 4.78 is 0. The predicted molar refractivity (Wildman–Crippen MR) is 172 cm³/mol. The first-order chi connectivity index (χ1) is 17.9. The van der Waals surface area contributed by atoms with Gasteiger partial charge in [-0.2, -0.15) is 0 Å². The zero-order valence-corrected chi connectivity index (χ0v) is 25.8. The lowest BCUT2D eigenvalue weighted by Crippen LogP contribution is -2.35. The number of allylic oxidation sites excluding steroid dienone is 2. The molecule has 6 heteroatoms. The van der Waals surface area contributed by atoms with Gasteiger partial charge >= 0.3 is 0 Å². The Kier molecular flexibility index (Phi) is 28.1. The van der Waals surface area contributed by atoms with Gasteiger partial charge < -0.3 is 21.7 Å². The van der Waals surface area contributed by atoms with Gasteiger partial charge in [0, 0.05) is 12.8 Å². The van der Waals surface area contributed by atoms with Crippen LogP contribution in [0.25, 0.3) is 0 Å². The van der Waals surface area contributed by atoms with Crippen molar-refractivity contribution >= 4 is 29.2 Å². The van der Waals surface area contributed by atoms with E-state index in [0.29, 0.717) is 29.1 Å². The lowest BCUT2D eigenvalue weighted by molar-refractivity contribution is 0.566. The van der Waals surface area contributed by atoms with E-state index in [0.717, 1.165) is 49.9 Å². The third-order valence-corrected chi connectivity index (χ3v) is 5.89. The standard InChI is InChI=1S/C26H43ClN4.C2H6.C2H2.CH5N/c1-7-11-14-22(10-4)23-15-16-24(27)25(28)26(23)31(17-12-8-2)19-30-21(6)29-18-20(5)13-9-3;3*1-2/h13,15-16,18,22,30H,6-12,14,17,19,28H2,1-5H3;1-2H3;1-2H;2H2,1H3/b20-13-,29-18-;;;. The van der Waals surface area contributed by atoms with Crippen LogP contribution >= 0.6 is 11.6 Å². The highest BCUT2D eigenvalue weighted by molar-refractivity contribution is 6.33. The van der Waals surface area contributed by atoms with Crippen molar-refractivity contribution in [3.63, 3.8) is 0 Å². The van der Waals surface area contributed by atoms with E-state index >= 15 is 0 Å². The van der Waals surface area contributed by atoms with E-state index in [2.05, 4.69) is 80.2 Å². The molecular formula is C31H56ClN5. The van der Waals surface area contributed by atoms with Gasteiger partial charge in [0.15, 0.2) is 0 Å². The molecule has 5 nitrogen and oxygen atoms in total. The zero-order valence-electron chi connectivity index (χ0n) is 25.0. The highest BCUT2D eigenvalue weighted by Crippen LogP contribution is 2.40. The number of unbranched alkanes of at least 4 members (excludes halogenated alkanes) is 2. The number of anilines is 2. The Morgan fingerprint density at radius 2 is 1.73 bits per heavy atom. The van der Waals surface area contributed by atoms with Crippen LogP contribution in [0.15, 0.2) is 41.2 Å². The maximum Gasteiger partial charge on any atom is 0.119 e. The molecule has 0 amide bonds. The Balaban J connectivity index is -0.00000179. The number of hydrogen-bond acceptors (Lipinski definition) is 5. The summed E-state index contributed by atoms with van der Waals surface area (Å²) in [5.74, 6) is 1.12. The summed E-state index contributed by atoms with van der Waals surface area (Å²) in [6.07, 6.45) is 19.8. The number of nitrogens with one attached hydrogen (secondary N) is 1. The van der Waals surface area contributed by atoms with Crippen LogP contribution < -0.4 is 21.7 Å². The minimum Gasteiger partial charge on any atom is -0.396 e. The maximum absolute atomic E-state index is 6.55. The molecule has 5 N–H and O–H groups in total. The van der Waals surface area contributed by atoms with Crippen LogP contribution in [-0.4, -0.2) is 26.5 Å². The Labute approximate surface area is 234 Å². The third kappa shape index (κ3) is 16.1. The van der Waals surface area contributed by atoms with E-state index in [9.17, 15) is 0 Å². The molecule has 1 aromatic rings. The molecule has 0 spiro atoms. The molecule has 0 heterocycles. The van der Waals surface area contributed by atoms with Crippen molar-refractivity contribution in [2.75, 3.05) is 30.9 Å². The second kappa shape index (κ2) is 26.6. The topological polar surface area (TPSA) is 79.7 Å². The molecule has 0 bridgehead atoms. The van der Waals surface area contributed by atoms with Crippen LogP contribution in [0.4, 0.5) is 11.4 Å². The van der Waals surface area contributed by atoms with E-state index in [-0.39, 0.29) is 0 Å². The third-order valence-electron chi connectivity index (χ3n) is 5.56. The zero-order chi connectivity index (χ0) is 29.2. The molecule has 1 aromatic carbocycles. The highest BCUT2D eigenvalue weighted by Gasteiger charge is 2.21. The van der Waals surface area contributed by atoms with Crippen molar-refractivity contribution in [3.05, 3.63) is 46.8 Å². The van der Waals surface area contributed by atoms with Crippen molar-refractivity contribution in [1.82, 2.24) is 5.32 Å². The maximum atomic E-state index is 6.55. The smallest absolute Gasteiger partial charge is 0.119 e. The summed E-state index contributed by atoms with van der Waals surface area (Å²) in [6, 6.07) is 4.12. The molecule has 1 unspecified atom stereocenters. The molecule has 0 fully saturated rings. The largest absolute Gasteiger partial charge is 0.396 e. The van der Waals surface area contributed by atoms with E-state index in [1.807, 2.05) is 33.1 Å². The first-order valence-electron chi connectivity index (χ1n) is 13.8. The van der Waals surface area contributed by atoms with Crippen LogP contribution in [-0.2, 0) is 0 Å². The number of hydrogen-bond donors (Lipinski definition) is 3. The lowest BCUT2D eigenvalue weighted by atomic mass is 9.89. The molecule has 0 radical (unpaired) electrons. The Morgan fingerprint density at radius 3 is 2.24 bits per heavy atom. The van der Waals surface area contributed by atoms with E-state index in [1.165, 1.54) is 25.5 Å². The fourth-order valence-electron chi connectivity index (χ4n) is 3.72. The van der Waals surface area contributed by atoms with Crippen LogP contribution in [0.1, 0.15) is 105 Å². The molecule has 212 valence electrons. The van der Waals surface area contributed by atoms with E-state index in [1.54, 1.807) is 0 Å². The summed E-state index contributed by atoms with van der Waals surface area (Å²) in [5, 5.41) is 3.98. The number of nitrogens with zero attached hydrogens (tertiary/aromatic N) is 2. The molecule has 0 aromatic heterocycles. The van der Waals surface area contributed by atoms with Gasteiger partial charge in [0.25, 0.3) is 0 Å². The molecular weight excluding hydrogens is 478 g/mol. The van der Waals surface area contributed by atoms with Crippen LogP contribution in [0.5, 0.6) is 0 Å². The van der Waals surface area contributed by atoms with Crippen LogP contribution in [0.3, 0.4) is 0 Å². The molecule has 0 saturated carbocycles. The summed E-state index contributed by atoms with van der Waals surface area (Å²) >= 11 is 6.47. The highest BCUT2D eigenvalue weighted by atomic mass is 35.5. The normalized spacial score (nSPS) is 11.2. The minimum absolute atomic E-state index is 0.474. The Hall–Kier alpha value is -2.42.